The van der Waals surface area contributed by atoms with Crippen LogP contribution in [0.25, 0.3) is 0 Å². The molecular formula is C6H13N3O2. The van der Waals surface area contributed by atoms with Crippen molar-refractivity contribution in [1.82, 2.24) is 10.3 Å². The summed E-state index contributed by atoms with van der Waals surface area (Å²) in [4.78, 5) is 20.8. The van der Waals surface area contributed by atoms with Gasteiger partial charge < -0.3 is 5.32 Å². The molecule has 0 heterocycles. The van der Waals surface area contributed by atoms with Gasteiger partial charge in [0.2, 0.25) is 0 Å². The van der Waals surface area contributed by atoms with Crippen LogP contribution in [0.3, 0.4) is 0 Å². The summed E-state index contributed by atoms with van der Waals surface area (Å²) in [6.07, 6.45) is 0. The molecule has 0 atom stereocenters. The van der Waals surface area contributed by atoms with E-state index < -0.39 is 6.03 Å². The Labute approximate surface area is 65.7 Å². The topological polar surface area (TPSA) is 61.8 Å². The SMILES string of the molecule is CN(N=O)C(=O)NC(C)(C)C. The summed E-state index contributed by atoms with van der Waals surface area (Å²) in [7, 11) is 1.30. The van der Waals surface area contributed by atoms with Crippen molar-refractivity contribution in [2.45, 2.75) is 26.3 Å². The van der Waals surface area contributed by atoms with E-state index in [0.717, 1.165) is 0 Å². The molecule has 0 unspecified atom stereocenters. The average molecular weight is 159 g/mol. The molecule has 0 aliphatic heterocycles. The number of hydrogen-bond donors (Lipinski definition) is 1. The van der Waals surface area contributed by atoms with Crippen LogP contribution in [-0.2, 0) is 0 Å². The highest BCUT2D eigenvalue weighted by atomic mass is 16.3. The molecule has 64 valence electrons. The minimum atomic E-state index is -0.493. The molecular weight excluding hydrogens is 146 g/mol. The predicted molar refractivity (Wildman–Crippen MR) is 41.8 cm³/mol. The van der Waals surface area contributed by atoms with E-state index in [-0.39, 0.29) is 5.54 Å². The van der Waals surface area contributed by atoms with Crippen molar-refractivity contribution in [1.29, 1.82) is 0 Å². The molecule has 5 heteroatoms. The maximum Gasteiger partial charge on any atom is 0.340 e. The van der Waals surface area contributed by atoms with Crippen LogP contribution in [0, 0.1) is 4.91 Å². The standard InChI is InChI=1S/C6H13N3O2/c1-6(2,3)7-5(10)9(4)8-11/h1-4H3,(H,7,10). The van der Waals surface area contributed by atoms with Crippen LogP contribution < -0.4 is 5.32 Å². The number of carbonyl (C=O) groups excluding carboxylic acids is 1. The second-order valence-corrected chi connectivity index (χ2v) is 3.29. The molecule has 0 aromatic rings. The van der Waals surface area contributed by atoms with Crippen molar-refractivity contribution in [3.8, 4) is 0 Å². The normalized spacial score (nSPS) is 10.5. The molecule has 1 N–H and O–H groups in total. The molecule has 0 aromatic heterocycles. The van der Waals surface area contributed by atoms with Gasteiger partial charge in [-0.3, -0.25) is 0 Å². The highest BCUT2D eigenvalue weighted by Crippen LogP contribution is 1.99. The van der Waals surface area contributed by atoms with Crippen molar-refractivity contribution in [2.24, 2.45) is 5.29 Å². The fourth-order valence-electron chi connectivity index (χ4n) is 0.439. The van der Waals surface area contributed by atoms with Crippen LogP contribution in [0.5, 0.6) is 0 Å². The minimum Gasteiger partial charge on any atom is -0.332 e. The van der Waals surface area contributed by atoms with Crippen LogP contribution in [0.1, 0.15) is 20.8 Å². The van der Waals surface area contributed by atoms with E-state index in [1.54, 1.807) is 0 Å². The van der Waals surface area contributed by atoms with Crippen LogP contribution in [0.15, 0.2) is 5.29 Å². The van der Waals surface area contributed by atoms with Gasteiger partial charge in [-0.25, -0.2) is 4.79 Å². The molecule has 0 radical (unpaired) electrons. The molecule has 0 rings (SSSR count). The maximum atomic E-state index is 10.9. The third-order valence-electron chi connectivity index (χ3n) is 0.898. The molecule has 0 spiro atoms. The monoisotopic (exact) mass is 159 g/mol. The van der Waals surface area contributed by atoms with Gasteiger partial charge in [-0.05, 0) is 20.8 Å². The number of hydrogen-bond acceptors (Lipinski definition) is 3. The Kier molecular flexibility index (Phi) is 2.98. The first kappa shape index (κ1) is 9.87. The van der Waals surface area contributed by atoms with Gasteiger partial charge in [0.25, 0.3) is 0 Å². The first-order chi connectivity index (χ1) is 4.87. The highest BCUT2D eigenvalue weighted by molar-refractivity contribution is 5.74. The second-order valence-electron chi connectivity index (χ2n) is 3.29. The zero-order chi connectivity index (χ0) is 9.07. The fourth-order valence-corrected chi connectivity index (χ4v) is 0.439. The average Bonchev–Trinajstić information content (AvgIpc) is 1.82. The second kappa shape index (κ2) is 3.32. The van der Waals surface area contributed by atoms with Crippen molar-refractivity contribution < 1.29 is 4.79 Å². The Bertz CT molecular complexity index is 162. The third-order valence-corrected chi connectivity index (χ3v) is 0.898. The number of nitrogens with one attached hydrogen (secondary N) is 1. The quantitative estimate of drug-likeness (QED) is 0.460. The smallest absolute Gasteiger partial charge is 0.332 e. The molecule has 0 fully saturated rings. The summed E-state index contributed by atoms with van der Waals surface area (Å²) in [5.74, 6) is 0. The largest absolute Gasteiger partial charge is 0.340 e. The number of nitroso groups, excluding NO2 is 1. The lowest BCUT2D eigenvalue weighted by atomic mass is 10.1. The lowest BCUT2D eigenvalue weighted by molar-refractivity contribution is 0.200. The van der Waals surface area contributed by atoms with Gasteiger partial charge in [0.15, 0.2) is 0 Å². The fraction of sp³-hybridized carbons (Fsp3) is 0.833. The van der Waals surface area contributed by atoms with Crippen molar-refractivity contribution >= 4 is 6.03 Å². The van der Waals surface area contributed by atoms with Gasteiger partial charge >= 0.3 is 6.03 Å². The molecule has 0 aromatic carbocycles. The maximum absolute atomic E-state index is 10.9. The molecule has 0 saturated heterocycles. The van der Waals surface area contributed by atoms with Crippen LogP contribution in [0.4, 0.5) is 4.79 Å². The summed E-state index contributed by atoms with van der Waals surface area (Å²) in [5, 5.41) is 5.72. The third kappa shape index (κ3) is 4.30. The van der Waals surface area contributed by atoms with Crippen LogP contribution in [0.2, 0.25) is 0 Å². The minimum absolute atomic E-state index is 0.337. The van der Waals surface area contributed by atoms with E-state index in [1.165, 1.54) is 7.05 Å². The summed E-state index contributed by atoms with van der Waals surface area (Å²) in [5.41, 5.74) is -0.337. The van der Waals surface area contributed by atoms with Crippen LogP contribution in [-0.4, -0.2) is 23.6 Å². The van der Waals surface area contributed by atoms with E-state index in [2.05, 4.69) is 10.6 Å². The van der Waals surface area contributed by atoms with Gasteiger partial charge in [-0.15, -0.1) is 4.91 Å². The number of amides is 2. The van der Waals surface area contributed by atoms with E-state index in [9.17, 15) is 9.70 Å². The Balaban J connectivity index is 3.98. The lowest BCUT2D eigenvalue weighted by Crippen LogP contribution is -2.45. The Morgan fingerprint density at radius 1 is 1.45 bits per heavy atom. The first-order valence-electron chi connectivity index (χ1n) is 3.26. The summed E-state index contributed by atoms with van der Waals surface area (Å²) >= 11 is 0. The Hall–Kier alpha value is -1.13. The summed E-state index contributed by atoms with van der Waals surface area (Å²) in [6, 6.07) is -0.493. The summed E-state index contributed by atoms with van der Waals surface area (Å²) in [6.45, 7) is 5.47. The Morgan fingerprint density at radius 3 is 2.18 bits per heavy atom. The van der Waals surface area contributed by atoms with Crippen LogP contribution >= 0.6 is 0 Å². The van der Waals surface area contributed by atoms with Gasteiger partial charge in [0.05, 0.1) is 5.29 Å². The van der Waals surface area contributed by atoms with Crippen molar-refractivity contribution in [2.75, 3.05) is 7.05 Å². The molecule has 0 bridgehead atoms. The molecule has 0 aliphatic carbocycles. The highest BCUT2D eigenvalue weighted by Gasteiger charge is 2.16. The zero-order valence-electron chi connectivity index (χ0n) is 7.21. The summed E-state index contributed by atoms with van der Waals surface area (Å²) < 4.78 is 0. The zero-order valence-corrected chi connectivity index (χ0v) is 7.21. The molecule has 0 saturated carbocycles. The molecule has 0 aliphatic rings. The van der Waals surface area contributed by atoms with Gasteiger partial charge in [0, 0.05) is 12.6 Å². The van der Waals surface area contributed by atoms with Gasteiger partial charge in [0.1, 0.15) is 0 Å². The Morgan fingerprint density at radius 2 is 1.91 bits per heavy atom. The molecule has 5 nitrogen and oxygen atoms in total. The molecule has 2 amide bonds. The molecule has 11 heavy (non-hydrogen) atoms. The number of rotatable bonds is 1. The number of urea groups is 1. The first-order valence-corrected chi connectivity index (χ1v) is 3.26. The van der Waals surface area contributed by atoms with Gasteiger partial charge in [-0.1, -0.05) is 0 Å². The van der Waals surface area contributed by atoms with Gasteiger partial charge in [-0.2, -0.15) is 5.01 Å². The van der Waals surface area contributed by atoms with E-state index in [4.69, 9.17) is 0 Å². The number of carbonyl (C=O) groups is 1. The van der Waals surface area contributed by atoms with E-state index in [0.29, 0.717) is 5.01 Å². The predicted octanol–water partition coefficient (Wildman–Crippen LogP) is 1.11. The van der Waals surface area contributed by atoms with E-state index >= 15 is 0 Å². The lowest BCUT2D eigenvalue weighted by Gasteiger charge is -2.21. The van der Waals surface area contributed by atoms with Crippen molar-refractivity contribution in [3.05, 3.63) is 4.91 Å². The van der Waals surface area contributed by atoms with E-state index in [1.807, 2.05) is 20.8 Å². The van der Waals surface area contributed by atoms with Crippen molar-refractivity contribution in [3.63, 3.8) is 0 Å². The number of nitrogens with zero attached hydrogens (tertiary/aromatic N) is 2.